The Bertz CT molecular complexity index is 1330. The first-order valence-corrected chi connectivity index (χ1v) is 13.0. The van der Waals surface area contributed by atoms with Crippen LogP contribution in [0, 0.1) is 11.8 Å². The topological polar surface area (TPSA) is 173 Å². The number of amides is 4. The number of Topliss-reactive ketones (excluding diaryl/α,β-unsaturated/α-hetero) is 1. The predicted octanol–water partition coefficient (Wildman–Crippen LogP) is -0.281. The number of rotatable bonds is 11. The molecule has 4 rings (SSSR count). The van der Waals surface area contributed by atoms with Crippen LogP contribution in [0.5, 0.6) is 0 Å². The van der Waals surface area contributed by atoms with Crippen molar-refractivity contribution in [1.29, 1.82) is 0 Å². The fourth-order valence-electron chi connectivity index (χ4n) is 5.43. The molecule has 2 bridgehead atoms. The maximum Gasteiger partial charge on any atom is 0.287 e. The lowest BCUT2D eigenvalue weighted by atomic mass is 9.95. The van der Waals surface area contributed by atoms with Crippen molar-refractivity contribution in [1.82, 2.24) is 30.3 Å². The Labute approximate surface area is 224 Å². The zero-order valence-corrected chi connectivity index (χ0v) is 21.9. The van der Waals surface area contributed by atoms with Gasteiger partial charge >= 0.3 is 0 Å². The molecule has 13 nitrogen and oxygen atoms in total. The Morgan fingerprint density at radius 1 is 1.13 bits per heavy atom. The largest absolute Gasteiger partial charge is 0.353 e. The summed E-state index contributed by atoms with van der Waals surface area (Å²) in [5.41, 5.74) is -0.506. The van der Waals surface area contributed by atoms with Gasteiger partial charge in [0, 0.05) is 39.0 Å². The first-order chi connectivity index (χ1) is 18.7. The molecule has 0 radical (unpaired) electrons. The van der Waals surface area contributed by atoms with Crippen LogP contribution in [0.3, 0.4) is 0 Å². The zero-order chi connectivity index (χ0) is 28.1. The Morgan fingerprint density at radius 3 is 2.56 bits per heavy atom. The molecular weight excluding hydrogens is 506 g/mol. The normalized spacial score (nSPS) is 20.2. The fraction of sp³-hybridized carbons (Fsp3) is 0.500. The maximum absolute atomic E-state index is 13.2. The number of hydrogen-bond acceptors (Lipinski definition) is 7. The zero-order valence-electron chi connectivity index (χ0n) is 21.9. The lowest BCUT2D eigenvalue weighted by molar-refractivity contribution is -0.137. The van der Waals surface area contributed by atoms with Crippen LogP contribution in [-0.4, -0.2) is 62.9 Å². The van der Waals surface area contributed by atoms with Crippen LogP contribution in [0.4, 0.5) is 5.69 Å². The molecule has 0 unspecified atom stereocenters. The summed E-state index contributed by atoms with van der Waals surface area (Å²) in [6.07, 6.45) is 6.81. The first-order valence-electron chi connectivity index (χ1n) is 13.0. The minimum Gasteiger partial charge on any atom is -0.353 e. The third-order valence-electron chi connectivity index (χ3n) is 7.49. The standard InChI is InChI=1S/C26H33N7O6/c1-27-25(38)21(34)8-7-17(30-24(37)20-9-10-28-32(20)2)23(36)31-18-4-3-11-33(26(18)39)14-22(35)29-19-13-15-5-6-16(19)12-15/h3-4,9-11,15-17,19H,5-8,12-14H2,1-2H3,(H,27,38)(H,29,35)(H,30,37)(H,31,36)/t15-,16+,17-,19+/m0/s1. The highest BCUT2D eigenvalue weighted by atomic mass is 16.2. The van der Waals surface area contributed by atoms with E-state index in [1.165, 1.54) is 53.3 Å². The van der Waals surface area contributed by atoms with Gasteiger partial charge in [0.1, 0.15) is 24.0 Å². The van der Waals surface area contributed by atoms with Gasteiger partial charge in [-0.25, -0.2) is 0 Å². The maximum atomic E-state index is 13.2. The second-order valence-corrected chi connectivity index (χ2v) is 10.1. The van der Waals surface area contributed by atoms with E-state index < -0.39 is 35.1 Å². The van der Waals surface area contributed by atoms with E-state index in [0.717, 1.165) is 19.3 Å². The van der Waals surface area contributed by atoms with Gasteiger partial charge in [-0.3, -0.25) is 33.4 Å². The van der Waals surface area contributed by atoms with E-state index in [2.05, 4.69) is 26.4 Å². The highest BCUT2D eigenvalue weighted by Gasteiger charge is 2.40. The SMILES string of the molecule is CNC(=O)C(=O)CC[C@H](NC(=O)c1ccnn1C)C(=O)Nc1cccn(CC(=O)N[C@@H]2C[C@H]3CC[C@@H]2C3)c1=O. The molecule has 0 aliphatic heterocycles. The second-order valence-electron chi connectivity index (χ2n) is 10.1. The Morgan fingerprint density at radius 2 is 1.92 bits per heavy atom. The molecule has 2 saturated carbocycles. The van der Waals surface area contributed by atoms with E-state index in [1.54, 1.807) is 7.05 Å². The second kappa shape index (κ2) is 12.0. The molecule has 208 valence electrons. The number of hydrogen-bond donors (Lipinski definition) is 4. The van der Waals surface area contributed by atoms with Crippen molar-refractivity contribution in [2.75, 3.05) is 12.4 Å². The van der Waals surface area contributed by atoms with Crippen LogP contribution in [0.15, 0.2) is 35.4 Å². The van der Waals surface area contributed by atoms with Crippen LogP contribution in [0.2, 0.25) is 0 Å². The van der Waals surface area contributed by atoms with Crippen LogP contribution >= 0.6 is 0 Å². The average molecular weight is 540 g/mol. The van der Waals surface area contributed by atoms with Gasteiger partial charge in [0.05, 0.1) is 0 Å². The summed E-state index contributed by atoms with van der Waals surface area (Å²) in [4.78, 5) is 75.2. The highest BCUT2D eigenvalue weighted by Crippen LogP contribution is 2.44. The Kier molecular flexibility index (Phi) is 8.57. The van der Waals surface area contributed by atoms with E-state index in [0.29, 0.717) is 11.8 Å². The lowest BCUT2D eigenvalue weighted by Crippen LogP contribution is -2.46. The number of pyridine rings is 1. The molecule has 2 fully saturated rings. The Hall–Kier alpha value is -4.29. The third kappa shape index (κ3) is 6.59. The van der Waals surface area contributed by atoms with Crippen molar-refractivity contribution in [3.8, 4) is 0 Å². The van der Waals surface area contributed by atoms with E-state index in [-0.39, 0.29) is 42.7 Å². The number of aromatic nitrogens is 3. The fourth-order valence-corrected chi connectivity index (χ4v) is 5.43. The smallest absolute Gasteiger partial charge is 0.287 e. The number of fused-ring (bicyclic) bond motifs is 2. The molecule has 4 amide bonds. The van der Waals surface area contributed by atoms with Crippen LogP contribution in [0.1, 0.15) is 49.0 Å². The minimum atomic E-state index is -1.24. The lowest BCUT2D eigenvalue weighted by Gasteiger charge is -2.23. The molecule has 2 aliphatic rings. The molecule has 4 N–H and O–H groups in total. The summed E-state index contributed by atoms with van der Waals surface area (Å²) in [6.45, 7) is -0.197. The van der Waals surface area contributed by atoms with Gasteiger partial charge in [-0.15, -0.1) is 0 Å². The van der Waals surface area contributed by atoms with Gasteiger partial charge in [0.25, 0.3) is 17.4 Å². The van der Waals surface area contributed by atoms with E-state index in [9.17, 15) is 28.8 Å². The summed E-state index contributed by atoms with van der Waals surface area (Å²) < 4.78 is 2.52. The van der Waals surface area contributed by atoms with Gasteiger partial charge in [-0.05, 0) is 55.7 Å². The van der Waals surface area contributed by atoms with E-state index >= 15 is 0 Å². The van der Waals surface area contributed by atoms with Crippen molar-refractivity contribution in [2.45, 2.75) is 57.2 Å². The number of carbonyl (C=O) groups is 5. The molecule has 2 aromatic rings. The van der Waals surface area contributed by atoms with Crippen molar-refractivity contribution < 1.29 is 24.0 Å². The van der Waals surface area contributed by atoms with E-state index in [1.807, 2.05) is 0 Å². The predicted molar refractivity (Wildman–Crippen MR) is 139 cm³/mol. The summed E-state index contributed by atoms with van der Waals surface area (Å²) in [5.74, 6) is -2.06. The molecule has 0 spiro atoms. The molecule has 0 saturated heterocycles. The number of carbonyl (C=O) groups excluding carboxylic acids is 5. The van der Waals surface area contributed by atoms with Crippen molar-refractivity contribution in [2.24, 2.45) is 18.9 Å². The van der Waals surface area contributed by atoms with E-state index in [4.69, 9.17) is 0 Å². The van der Waals surface area contributed by atoms with Crippen LogP contribution < -0.4 is 26.8 Å². The minimum absolute atomic E-state index is 0.0902. The molecule has 39 heavy (non-hydrogen) atoms. The van der Waals surface area contributed by atoms with Crippen molar-refractivity contribution in [3.05, 3.63) is 46.6 Å². The molecule has 2 heterocycles. The average Bonchev–Trinajstić information content (AvgIpc) is 3.65. The number of likely N-dealkylation sites (N-methyl/N-ethyl adjacent to an activating group) is 1. The quantitative estimate of drug-likeness (QED) is 0.284. The molecular formula is C26H33N7O6. The van der Waals surface area contributed by atoms with Gasteiger partial charge < -0.3 is 25.8 Å². The number of nitrogens with zero attached hydrogens (tertiary/aromatic N) is 3. The third-order valence-corrected chi connectivity index (χ3v) is 7.49. The van der Waals surface area contributed by atoms with Gasteiger partial charge in [-0.2, -0.15) is 5.10 Å². The van der Waals surface area contributed by atoms with Gasteiger partial charge in [0.15, 0.2) is 0 Å². The molecule has 0 aromatic carbocycles. The van der Waals surface area contributed by atoms with Gasteiger partial charge in [-0.1, -0.05) is 6.42 Å². The summed E-state index contributed by atoms with van der Waals surface area (Å²) >= 11 is 0. The highest BCUT2D eigenvalue weighted by molar-refractivity contribution is 6.36. The molecule has 13 heteroatoms. The van der Waals surface area contributed by atoms with Crippen molar-refractivity contribution in [3.63, 3.8) is 0 Å². The number of anilines is 1. The first kappa shape index (κ1) is 27.7. The monoisotopic (exact) mass is 539 g/mol. The van der Waals surface area contributed by atoms with Gasteiger partial charge in [0.2, 0.25) is 17.6 Å². The molecule has 2 aromatic heterocycles. The Balaban J connectivity index is 1.43. The summed E-state index contributed by atoms with van der Waals surface area (Å²) in [6, 6.07) is 3.27. The molecule has 4 atom stereocenters. The van der Waals surface area contributed by atoms with Crippen LogP contribution in [0.25, 0.3) is 0 Å². The van der Waals surface area contributed by atoms with Crippen LogP contribution in [-0.2, 0) is 32.8 Å². The van der Waals surface area contributed by atoms with Crippen molar-refractivity contribution >= 4 is 35.1 Å². The number of nitrogens with one attached hydrogen (secondary N) is 4. The summed E-state index contributed by atoms with van der Waals surface area (Å²) in [7, 11) is 2.87. The summed E-state index contributed by atoms with van der Waals surface area (Å²) in [5, 5.41) is 14.2. The number of ketones is 1. The number of aryl methyl sites for hydroxylation is 1. The molecule has 2 aliphatic carbocycles.